The molecule has 0 radical (unpaired) electrons. The molecule has 1 unspecified atom stereocenters. The highest BCUT2D eigenvalue weighted by Gasteiger charge is 2.31. The first-order valence-electron chi connectivity index (χ1n) is 12.7. The molecule has 0 spiro atoms. The van der Waals surface area contributed by atoms with Crippen molar-refractivity contribution in [3.8, 4) is 6.07 Å². The highest BCUT2D eigenvalue weighted by molar-refractivity contribution is 5.95. The van der Waals surface area contributed by atoms with Gasteiger partial charge in [0, 0.05) is 43.7 Å². The number of anilines is 1. The zero-order valence-electron chi connectivity index (χ0n) is 21.5. The Bertz CT molecular complexity index is 1260. The van der Waals surface area contributed by atoms with E-state index in [2.05, 4.69) is 76.5 Å². The van der Waals surface area contributed by atoms with Crippen LogP contribution in [0.2, 0.25) is 0 Å². The van der Waals surface area contributed by atoms with Gasteiger partial charge in [-0.1, -0.05) is 49.6 Å². The molecule has 192 valence electrons. The summed E-state index contributed by atoms with van der Waals surface area (Å²) in [6.07, 6.45) is 4.21. The third-order valence-electron chi connectivity index (χ3n) is 6.85. The Morgan fingerprint density at radius 3 is 2.73 bits per heavy atom. The molecule has 0 aliphatic carbocycles. The number of amides is 1. The largest absolute Gasteiger partial charge is 0.467 e. The molecule has 2 aliphatic heterocycles. The number of ether oxygens (including phenoxy) is 1. The van der Waals surface area contributed by atoms with Crippen LogP contribution in [0.3, 0.4) is 0 Å². The molecule has 1 fully saturated rings. The molecule has 1 atom stereocenters. The second kappa shape index (κ2) is 12.2. The molecular formula is C29H34N6O2. The van der Waals surface area contributed by atoms with E-state index in [1.807, 2.05) is 0 Å². The van der Waals surface area contributed by atoms with E-state index in [-0.39, 0.29) is 24.4 Å². The van der Waals surface area contributed by atoms with Crippen LogP contribution in [0.1, 0.15) is 25.7 Å². The third kappa shape index (κ3) is 6.18. The quantitative estimate of drug-likeness (QED) is 0.587. The number of piperazine rings is 1. The third-order valence-corrected chi connectivity index (χ3v) is 6.85. The number of hydrogen-bond acceptors (Lipinski definition) is 7. The lowest BCUT2D eigenvalue weighted by atomic mass is 10.1. The Hall–Kier alpha value is -4.12. The zero-order chi connectivity index (χ0) is 26.2. The second-order valence-electron chi connectivity index (χ2n) is 9.27. The first kappa shape index (κ1) is 26.0. The van der Waals surface area contributed by atoms with E-state index in [0.29, 0.717) is 31.9 Å². The van der Waals surface area contributed by atoms with Crippen molar-refractivity contribution in [2.24, 2.45) is 9.98 Å². The first-order valence-corrected chi connectivity index (χ1v) is 12.7. The van der Waals surface area contributed by atoms with Crippen LogP contribution in [0.25, 0.3) is 10.8 Å². The number of carbonyl (C=O) groups is 1. The normalized spacial score (nSPS) is 22.2. The molecular weight excluding hydrogens is 464 g/mol. The predicted molar refractivity (Wildman–Crippen MR) is 149 cm³/mol. The fourth-order valence-electron chi connectivity index (χ4n) is 5.03. The van der Waals surface area contributed by atoms with E-state index in [0.717, 1.165) is 37.3 Å². The smallest absolute Gasteiger partial charge is 0.318 e. The van der Waals surface area contributed by atoms with E-state index in [9.17, 15) is 10.1 Å². The number of nitrogens with zero attached hydrogens (tertiary/aromatic N) is 6. The van der Waals surface area contributed by atoms with Crippen LogP contribution < -0.4 is 4.90 Å². The monoisotopic (exact) mass is 498 g/mol. The average molecular weight is 499 g/mol. The number of carbonyl (C=O) groups excluding carboxylic acids is 1. The summed E-state index contributed by atoms with van der Waals surface area (Å²) in [7, 11) is 1.56. The Kier molecular flexibility index (Phi) is 8.57. The van der Waals surface area contributed by atoms with Crippen molar-refractivity contribution in [1.82, 2.24) is 9.80 Å². The summed E-state index contributed by atoms with van der Waals surface area (Å²) in [5.74, 6) is 0.717. The van der Waals surface area contributed by atoms with Crippen LogP contribution in [0.5, 0.6) is 0 Å². The molecule has 0 aromatic heterocycles. The number of fused-ring (bicyclic) bond motifs is 1. The molecule has 0 N–H and O–H groups in total. The van der Waals surface area contributed by atoms with E-state index < -0.39 is 0 Å². The highest BCUT2D eigenvalue weighted by atomic mass is 16.5. The minimum atomic E-state index is -0.218. The van der Waals surface area contributed by atoms with Gasteiger partial charge < -0.3 is 19.4 Å². The van der Waals surface area contributed by atoms with Crippen LogP contribution in [0.15, 0.2) is 77.4 Å². The Labute approximate surface area is 218 Å². The molecule has 1 saturated heterocycles. The van der Waals surface area contributed by atoms with Gasteiger partial charge in [0.15, 0.2) is 0 Å². The van der Waals surface area contributed by atoms with Gasteiger partial charge in [-0.25, -0.2) is 0 Å². The molecule has 0 bridgehead atoms. The maximum atomic E-state index is 12.3. The summed E-state index contributed by atoms with van der Waals surface area (Å²) < 4.78 is 5.54. The fourth-order valence-corrected chi connectivity index (χ4v) is 5.03. The molecule has 2 aromatic rings. The van der Waals surface area contributed by atoms with Crippen LogP contribution in [-0.4, -0.2) is 73.4 Å². The van der Waals surface area contributed by atoms with Gasteiger partial charge in [0.2, 0.25) is 5.91 Å². The van der Waals surface area contributed by atoms with Crippen LogP contribution >= 0.6 is 0 Å². The molecule has 2 aromatic carbocycles. The molecule has 0 saturated carbocycles. The van der Waals surface area contributed by atoms with Gasteiger partial charge in [0.25, 0.3) is 0 Å². The SMILES string of the molecule is C=CC(=O)N1CCN(/C2=N/C(OC)=N\C(=C)CN(c3cccc4ccccc34)CCCC2)CC1CC#N. The number of nitriles is 1. The summed E-state index contributed by atoms with van der Waals surface area (Å²) in [5.41, 5.74) is 1.83. The van der Waals surface area contributed by atoms with Crippen molar-refractivity contribution in [2.75, 3.05) is 44.7 Å². The minimum Gasteiger partial charge on any atom is -0.467 e. The van der Waals surface area contributed by atoms with E-state index in [4.69, 9.17) is 9.73 Å². The molecule has 1 amide bonds. The van der Waals surface area contributed by atoms with Gasteiger partial charge in [-0.3, -0.25) is 4.79 Å². The molecule has 8 heteroatoms. The summed E-state index contributed by atoms with van der Waals surface area (Å²) in [6.45, 7) is 10.9. The minimum absolute atomic E-state index is 0.145. The first-order chi connectivity index (χ1) is 18.0. The van der Waals surface area contributed by atoms with Crippen molar-refractivity contribution in [1.29, 1.82) is 5.26 Å². The summed E-state index contributed by atoms with van der Waals surface area (Å²) in [5, 5.41) is 11.8. The number of hydrogen-bond donors (Lipinski definition) is 0. The van der Waals surface area contributed by atoms with Crippen LogP contribution in [0.4, 0.5) is 5.69 Å². The summed E-state index contributed by atoms with van der Waals surface area (Å²) in [4.78, 5) is 27.9. The molecule has 37 heavy (non-hydrogen) atoms. The molecule has 8 nitrogen and oxygen atoms in total. The number of amidine groups is 2. The maximum Gasteiger partial charge on any atom is 0.318 e. The van der Waals surface area contributed by atoms with Gasteiger partial charge in [-0.15, -0.1) is 0 Å². The van der Waals surface area contributed by atoms with Gasteiger partial charge in [0.05, 0.1) is 37.9 Å². The maximum absolute atomic E-state index is 12.3. The number of rotatable bonds is 3. The van der Waals surface area contributed by atoms with Crippen molar-refractivity contribution < 1.29 is 9.53 Å². The molecule has 4 rings (SSSR count). The number of methoxy groups -OCH3 is 1. The lowest BCUT2D eigenvalue weighted by molar-refractivity contribution is -0.130. The lowest BCUT2D eigenvalue weighted by Crippen LogP contribution is -2.56. The van der Waals surface area contributed by atoms with E-state index in [1.54, 1.807) is 12.0 Å². The Balaban J connectivity index is 1.56. The lowest BCUT2D eigenvalue weighted by Gasteiger charge is -2.41. The number of aliphatic imine (C=N–C) groups is 2. The molecule has 2 aliphatic rings. The average Bonchev–Trinajstić information content (AvgIpc) is 2.96. The topological polar surface area (TPSA) is 84.5 Å². The zero-order valence-corrected chi connectivity index (χ0v) is 21.5. The van der Waals surface area contributed by atoms with E-state index in [1.165, 1.54) is 16.8 Å². The van der Waals surface area contributed by atoms with E-state index >= 15 is 0 Å². The highest BCUT2D eigenvalue weighted by Crippen LogP contribution is 2.28. The standard InChI is InChI=1S/C29H34N6O2/c1-4-28(36)35-19-18-34(21-24(35)15-16-30)27-14-7-8-17-33(20-22(2)31-29(32-27)37-3)26-13-9-11-23-10-5-6-12-25(23)26/h4-6,9-13,24H,1-2,7-8,14-15,17-21H2,3H3/b31-29+,32-27+. The van der Waals surface area contributed by atoms with Gasteiger partial charge in [-0.05, 0) is 30.4 Å². The fraction of sp³-hybridized carbons (Fsp3) is 0.379. The van der Waals surface area contributed by atoms with Gasteiger partial charge in [0.1, 0.15) is 5.84 Å². The van der Waals surface area contributed by atoms with Crippen LogP contribution in [-0.2, 0) is 9.53 Å². The van der Waals surface area contributed by atoms with Crippen molar-refractivity contribution in [3.05, 3.63) is 67.4 Å². The predicted octanol–water partition coefficient (Wildman–Crippen LogP) is 4.36. The van der Waals surface area contributed by atoms with Gasteiger partial charge >= 0.3 is 6.02 Å². The van der Waals surface area contributed by atoms with Crippen molar-refractivity contribution in [3.63, 3.8) is 0 Å². The Morgan fingerprint density at radius 2 is 1.95 bits per heavy atom. The summed E-state index contributed by atoms with van der Waals surface area (Å²) in [6, 6.07) is 17.0. The van der Waals surface area contributed by atoms with Crippen LogP contribution in [0, 0.1) is 11.3 Å². The summed E-state index contributed by atoms with van der Waals surface area (Å²) >= 11 is 0. The second-order valence-corrected chi connectivity index (χ2v) is 9.27. The molecule has 2 heterocycles. The van der Waals surface area contributed by atoms with Gasteiger partial charge in [-0.2, -0.15) is 15.2 Å². The van der Waals surface area contributed by atoms with Crippen molar-refractivity contribution >= 4 is 34.2 Å². The number of benzene rings is 2. The van der Waals surface area contributed by atoms with Crippen molar-refractivity contribution in [2.45, 2.75) is 31.7 Å². The Morgan fingerprint density at radius 1 is 1.14 bits per heavy atom.